The van der Waals surface area contributed by atoms with Crippen molar-refractivity contribution in [1.82, 2.24) is 9.66 Å². The fraction of sp³-hybridized carbons (Fsp3) is 0.160. The lowest BCUT2D eigenvalue weighted by Gasteiger charge is -2.12. The molecule has 8 nitrogen and oxygen atoms in total. The van der Waals surface area contributed by atoms with Crippen LogP contribution in [0.1, 0.15) is 36.7 Å². The first-order valence-corrected chi connectivity index (χ1v) is 12.7. The molecule has 0 aliphatic heterocycles. The molecule has 0 fully saturated rings. The van der Waals surface area contributed by atoms with Gasteiger partial charge in [-0.1, -0.05) is 69.4 Å². The Hall–Kier alpha value is -3.08. The normalized spacial score (nSPS) is 11.5. The largest absolute Gasteiger partial charge is 0.481 e. The van der Waals surface area contributed by atoms with Crippen LogP contribution >= 0.6 is 43.5 Å². The van der Waals surface area contributed by atoms with Crippen molar-refractivity contribution in [3.05, 3.63) is 106 Å². The van der Waals surface area contributed by atoms with Gasteiger partial charge in [-0.3, -0.25) is 14.9 Å². The zero-order chi connectivity index (χ0) is 26.0. The molecule has 0 aliphatic rings. The van der Waals surface area contributed by atoms with Gasteiger partial charge in [0.2, 0.25) is 5.75 Å². The van der Waals surface area contributed by atoms with Gasteiger partial charge in [0.1, 0.15) is 12.4 Å². The van der Waals surface area contributed by atoms with Gasteiger partial charge < -0.3 is 4.74 Å². The molecule has 36 heavy (non-hydrogen) atoms. The third-order valence-corrected chi connectivity index (χ3v) is 6.51. The minimum Gasteiger partial charge on any atom is -0.481 e. The summed E-state index contributed by atoms with van der Waals surface area (Å²) in [5.74, 6) is 0.315. The molecule has 0 amide bonds. The summed E-state index contributed by atoms with van der Waals surface area (Å²) in [5, 5.41) is 16.6. The molecule has 4 aromatic rings. The maximum absolute atomic E-state index is 13.2. The van der Waals surface area contributed by atoms with Gasteiger partial charge in [0.25, 0.3) is 5.56 Å². The molecule has 1 heterocycles. The van der Waals surface area contributed by atoms with E-state index in [1.807, 2.05) is 44.2 Å². The van der Waals surface area contributed by atoms with E-state index in [9.17, 15) is 14.9 Å². The zero-order valence-electron chi connectivity index (χ0n) is 19.1. The van der Waals surface area contributed by atoms with E-state index in [1.54, 1.807) is 12.1 Å². The van der Waals surface area contributed by atoms with Crippen molar-refractivity contribution in [2.75, 3.05) is 0 Å². The molecule has 1 aromatic heterocycles. The molecule has 0 bridgehead atoms. The van der Waals surface area contributed by atoms with E-state index in [0.29, 0.717) is 22.3 Å². The summed E-state index contributed by atoms with van der Waals surface area (Å²) in [6.45, 7) is 3.91. The minimum atomic E-state index is -0.568. The monoisotopic (exact) mass is 632 g/mol. The number of fused-ring (bicyclic) bond motifs is 1. The number of aromatic nitrogens is 2. The van der Waals surface area contributed by atoms with Crippen LogP contribution in [0.25, 0.3) is 10.9 Å². The molecule has 0 atom stereocenters. The fourth-order valence-electron chi connectivity index (χ4n) is 3.46. The summed E-state index contributed by atoms with van der Waals surface area (Å²) in [6.07, 6.45) is 1.34. The molecule has 3 aromatic carbocycles. The van der Waals surface area contributed by atoms with Crippen molar-refractivity contribution in [2.45, 2.75) is 26.4 Å². The summed E-state index contributed by atoms with van der Waals surface area (Å²) in [7, 11) is 0. The Bertz CT molecular complexity index is 1550. The summed E-state index contributed by atoms with van der Waals surface area (Å²) in [6, 6.07) is 15.4. The standard InChI is InChI=1S/C25H19Br2ClN4O4/c1-14(2)24-30-21-8-7-18(27)11-19(21)25(33)31(24)29-12-16-9-20(28)23(22(10-16)32(34)35)36-13-15-3-5-17(26)6-4-15/h3-12,14H,13H2,1-2H3. The second-order valence-electron chi connectivity index (χ2n) is 8.17. The van der Waals surface area contributed by atoms with Gasteiger partial charge >= 0.3 is 5.69 Å². The maximum Gasteiger partial charge on any atom is 0.313 e. The summed E-state index contributed by atoms with van der Waals surface area (Å²) < 4.78 is 8.55. The molecule has 4 rings (SSSR count). The van der Waals surface area contributed by atoms with Crippen LogP contribution in [0, 0.1) is 10.1 Å². The van der Waals surface area contributed by atoms with Gasteiger partial charge in [-0.25, -0.2) is 4.98 Å². The van der Waals surface area contributed by atoms with E-state index in [0.717, 1.165) is 14.5 Å². The number of rotatable bonds is 7. The lowest BCUT2D eigenvalue weighted by molar-refractivity contribution is -0.385. The molecule has 11 heteroatoms. The quantitative estimate of drug-likeness (QED) is 0.123. The van der Waals surface area contributed by atoms with Crippen molar-refractivity contribution >= 4 is 66.3 Å². The molecule has 0 saturated carbocycles. The minimum absolute atomic E-state index is 0.0426. The second-order valence-corrected chi connectivity index (χ2v) is 10.4. The highest BCUT2D eigenvalue weighted by Gasteiger charge is 2.21. The van der Waals surface area contributed by atoms with Crippen LogP contribution in [0.3, 0.4) is 0 Å². The zero-order valence-corrected chi connectivity index (χ0v) is 23.0. The van der Waals surface area contributed by atoms with E-state index >= 15 is 0 Å². The Morgan fingerprint density at radius 2 is 1.83 bits per heavy atom. The molecule has 0 radical (unpaired) electrons. The van der Waals surface area contributed by atoms with E-state index in [-0.39, 0.29) is 34.5 Å². The highest BCUT2D eigenvalue weighted by atomic mass is 79.9. The lowest BCUT2D eigenvalue weighted by atomic mass is 10.2. The molecule has 184 valence electrons. The van der Waals surface area contributed by atoms with Crippen molar-refractivity contribution in [1.29, 1.82) is 0 Å². The number of halogens is 3. The predicted molar refractivity (Wildman–Crippen MR) is 147 cm³/mol. The maximum atomic E-state index is 13.2. The summed E-state index contributed by atoms with van der Waals surface area (Å²) in [5.41, 5.74) is 1.06. The van der Waals surface area contributed by atoms with Crippen molar-refractivity contribution in [3.8, 4) is 5.75 Å². The lowest BCUT2D eigenvalue weighted by Crippen LogP contribution is -2.23. The third-order valence-electron chi connectivity index (χ3n) is 5.21. The van der Waals surface area contributed by atoms with Gasteiger partial charge in [-0.05, 0) is 42.0 Å². The Balaban J connectivity index is 1.72. The van der Waals surface area contributed by atoms with Crippen LogP contribution in [0.15, 0.2) is 73.4 Å². The van der Waals surface area contributed by atoms with Crippen LogP contribution < -0.4 is 10.3 Å². The Morgan fingerprint density at radius 3 is 2.50 bits per heavy atom. The van der Waals surface area contributed by atoms with Crippen molar-refractivity contribution < 1.29 is 9.66 Å². The van der Waals surface area contributed by atoms with E-state index in [2.05, 4.69) is 41.9 Å². The van der Waals surface area contributed by atoms with Crippen molar-refractivity contribution in [2.24, 2.45) is 5.10 Å². The number of hydrogen-bond acceptors (Lipinski definition) is 6. The molecular formula is C25H19Br2ClN4O4. The van der Waals surface area contributed by atoms with Crippen LogP contribution in [0.4, 0.5) is 5.69 Å². The third kappa shape index (κ3) is 5.66. The number of nitro benzene ring substituents is 1. The molecule has 0 saturated heterocycles. The van der Waals surface area contributed by atoms with Gasteiger partial charge in [-0.2, -0.15) is 9.78 Å². The predicted octanol–water partition coefficient (Wildman–Crippen LogP) is 7.07. The van der Waals surface area contributed by atoms with Gasteiger partial charge in [0.15, 0.2) is 0 Å². The number of ether oxygens (including phenoxy) is 1. The fourth-order valence-corrected chi connectivity index (χ4v) is 4.37. The van der Waals surface area contributed by atoms with Gasteiger partial charge in [0, 0.05) is 26.5 Å². The van der Waals surface area contributed by atoms with E-state index in [4.69, 9.17) is 16.3 Å². The Morgan fingerprint density at radius 1 is 1.14 bits per heavy atom. The summed E-state index contributed by atoms with van der Waals surface area (Å²) >= 11 is 13.1. The number of hydrogen-bond donors (Lipinski definition) is 0. The van der Waals surface area contributed by atoms with Gasteiger partial charge in [-0.15, -0.1) is 0 Å². The SMILES string of the molecule is CC(C)c1nc2ccc(Br)cc2c(=O)n1N=Cc1cc(Cl)c(OCc2ccc(Br)cc2)c([N+](=O)[O-])c1. The van der Waals surface area contributed by atoms with Crippen LogP contribution in [-0.4, -0.2) is 20.8 Å². The Labute approximate surface area is 228 Å². The van der Waals surface area contributed by atoms with E-state index in [1.165, 1.54) is 23.0 Å². The molecule has 0 unspecified atom stereocenters. The first-order chi connectivity index (χ1) is 17.1. The highest BCUT2D eigenvalue weighted by Crippen LogP contribution is 2.36. The smallest absolute Gasteiger partial charge is 0.313 e. The van der Waals surface area contributed by atoms with Crippen LogP contribution in [0.2, 0.25) is 5.02 Å². The molecule has 0 N–H and O–H groups in total. The van der Waals surface area contributed by atoms with E-state index < -0.39 is 4.92 Å². The molecule has 0 aliphatic carbocycles. The van der Waals surface area contributed by atoms with Crippen LogP contribution in [-0.2, 0) is 6.61 Å². The average Bonchev–Trinajstić information content (AvgIpc) is 2.83. The molecule has 0 spiro atoms. The first-order valence-electron chi connectivity index (χ1n) is 10.8. The molecular weight excluding hydrogens is 616 g/mol. The first kappa shape index (κ1) is 26.0. The highest BCUT2D eigenvalue weighted by molar-refractivity contribution is 9.10. The average molecular weight is 635 g/mol. The van der Waals surface area contributed by atoms with Crippen molar-refractivity contribution in [3.63, 3.8) is 0 Å². The summed E-state index contributed by atoms with van der Waals surface area (Å²) in [4.78, 5) is 29.0. The van der Waals surface area contributed by atoms with Crippen LogP contribution in [0.5, 0.6) is 5.75 Å². The number of benzene rings is 3. The topological polar surface area (TPSA) is 99.6 Å². The number of nitrogens with zero attached hydrogens (tertiary/aromatic N) is 4. The van der Waals surface area contributed by atoms with Gasteiger partial charge in [0.05, 0.1) is 27.1 Å². The number of nitro groups is 1. The second kappa shape index (κ2) is 10.9. The Kier molecular flexibility index (Phi) is 7.87.